The van der Waals surface area contributed by atoms with Gasteiger partial charge in [0, 0.05) is 18.8 Å². The lowest BCUT2D eigenvalue weighted by Gasteiger charge is -2.31. The van der Waals surface area contributed by atoms with Gasteiger partial charge in [0.2, 0.25) is 10.0 Å². The summed E-state index contributed by atoms with van der Waals surface area (Å²) in [5, 5.41) is -0.110. The molecule has 1 aromatic heterocycles. The van der Waals surface area contributed by atoms with E-state index in [1.54, 1.807) is 10.5 Å². The number of rotatable bonds is 4. The maximum Gasteiger partial charge on any atom is 0.216 e. The lowest BCUT2D eigenvalue weighted by atomic mass is 10.1. The number of aryl methyl sites for hydroxylation is 1. The molecule has 0 atom stereocenters. The van der Waals surface area contributed by atoms with Gasteiger partial charge in [0.1, 0.15) is 11.9 Å². The van der Waals surface area contributed by atoms with Gasteiger partial charge in [0.15, 0.2) is 0 Å². The van der Waals surface area contributed by atoms with Gasteiger partial charge in [-0.25, -0.2) is 12.7 Å². The van der Waals surface area contributed by atoms with Crippen LogP contribution in [0.3, 0.4) is 0 Å². The van der Waals surface area contributed by atoms with Gasteiger partial charge in [-0.2, -0.15) is 0 Å². The van der Waals surface area contributed by atoms with Crippen LogP contribution in [0.15, 0.2) is 18.3 Å². The first-order chi connectivity index (χ1) is 9.55. The van der Waals surface area contributed by atoms with Crippen molar-refractivity contribution >= 4 is 10.0 Å². The Morgan fingerprint density at radius 1 is 1.20 bits per heavy atom. The Labute approximate surface area is 120 Å². The number of aromatic nitrogens is 1. The van der Waals surface area contributed by atoms with Gasteiger partial charge in [0.05, 0.1) is 11.4 Å². The molecule has 0 unspecified atom stereocenters. The van der Waals surface area contributed by atoms with Gasteiger partial charge in [-0.1, -0.05) is 0 Å². The van der Waals surface area contributed by atoms with Crippen molar-refractivity contribution in [3.05, 3.63) is 24.0 Å². The normalized spacial score (nSPS) is 21.9. The highest BCUT2D eigenvalue weighted by atomic mass is 32.2. The van der Waals surface area contributed by atoms with E-state index in [9.17, 15) is 8.42 Å². The molecule has 110 valence electrons. The number of sulfonamides is 1. The van der Waals surface area contributed by atoms with Gasteiger partial charge in [0.25, 0.3) is 0 Å². The molecular weight excluding hydrogens is 276 g/mol. The summed E-state index contributed by atoms with van der Waals surface area (Å²) in [6.45, 7) is 3.08. The Kier molecular flexibility index (Phi) is 3.69. The van der Waals surface area contributed by atoms with E-state index in [1.165, 1.54) is 0 Å². The van der Waals surface area contributed by atoms with Gasteiger partial charge in [-0.05, 0) is 44.7 Å². The van der Waals surface area contributed by atoms with Crippen molar-refractivity contribution in [2.24, 2.45) is 0 Å². The van der Waals surface area contributed by atoms with Crippen molar-refractivity contribution in [1.29, 1.82) is 0 Å². The molecule has 0 amide bonds. The van der Waals surface area contributed by atoms with Crippen molar-refractivity contribution < 1.29 is 13.2 Å². The molecule has 1 saturated heterocycles. The predicted octanol–water partition coefficient (Wildman–Crippen LogP) is 1.73. The van der Waals surface area contributed by atoms with Crippen molar-refractivity contribution in [2.45, 2.75) is 44.0 Å². The lowest BCUT2D eigenvalue weighted by Crippen LogP contribution is -2.43. The third-order valence-corrected chi connectivity index (χ3v) is 6.29. The van der Waals surface area contributed by atoms with Crippen LogP contribution in [0.4, 0.5) is 0 Å². The van der Waals surface area contributed by atoms with E-state index < -0.39 is 10.0 Å². The van der Waals surface area contributed by atoms with Crippen LogP contribution in [0.1, 0.15) is 31.4 Å². The maximum atomic E-state index is 12.1. The monoisotopic (exact) mass is 296 g/mol. The maximum absolute atomic E-state index is 12.1. The molecule has 1 aliphatic carbocycles. The van der Waals surface area contributed by atoms with Crippen molar-refractivity contribution in [2.75, 3.05) is 13.1 Å². The number of pyridine rings is 1. The standard InChI is InChI=1S/C14H20N2O3S/c1-11-2-3-13(10-15-11)19-12-6-8-16(9-7-12)20(17,18)14-4-5-14/h2-3,10,12,14H,4-9H2,1H3. The van der Waals surface area contributed by atoms with Gasteiger partial charge in [-0.3, -0.25) is 4.98 Å². The van der Waals surface area contributed by atoms with Gasteiger partial charge in [-0.15, -0.1) is 0 Å². The van der Waals surface area contributed by atoms with E-state index in [1.807, 2.05) is 19.1 Å². The second-order valence-corrected chi connectivity index (χ2v) is 7.81. The number of hydrogen-bond donors (Lipinski definition) is 0. The summed E-state index contributed by atoms with van der Waals surface area (Å²) in [7, 11) is -3.03. The summed E-state index contributed by atoms with van der Waals surface area (Å²) >= 11 is 0. The first-order valence-corrected chi connectivity index (χ1v) is 8.64. The smallest absolute Gasteiger partial charge is 0.216 e. The Morgan fingerprint density at radius 3 is 2.45 bits per heavy atom. The van der Waals surface area contributed by atoms with E-state index in [2.05, 4.69) is 4.98 Å². The number of piperidine rings is 1. The fourth-order valence-electron chi connectivity index (χ4n) is 2.50. The van der Waals surface area contributed by atoms with Crippen LogP contribution in [-0.2, 0) is 10.0 Å². The van der Waals surface area contributed by atoms with Crippen LogP contribution in [0.25, 0.3) is 0 Å². The molecule has 1 aromatic rings. The number of ether oxygens (including phenoxy) is 1. The molecule has 0 bridgehead atoms. The highest BCUT2D eigenvalue weighted by Gasteiger charge is 2.41. The predicted molar refractivity (Wildman–Crippen MR) is 76.1 cm³/mol. The van der Waals surface area contributed by atoms with Crippen LogP contribution < -0.4 is 4.74 Å². The Balaban J connectivity index is 1.54. The van der Waals surface area contributed by atoms with Crippen molar-refractivity contribution in [3.63, 3.8) is 0 Å². The minimum atomic E-state index is -3.03. The zero-order chi connectivity index (χ0) is 14.2. The molecule has 1 aliphatic heterocycles. The molecule has 0 radical (unpaired) electrons. The fraction of sp³-hybridized carbons (Fsp3) is 0.643. The average molecular weight is 296 g/mol. The highest BCUT2D eigenvalue weighted by Crippen LogP contribution is 2.32. The summed E-state index contributed by atoms with van der Waals surface area (Å²) in [6, 6.07) is 3.83. The SMILES string of the molecule is Cc1ccc(OC2CCN(S(=O)(=O)C3CC3)CC2)cn1. The van der Waals surface area contributed by atoms with Crippen LogP contribution in [0.2, 0.25) is 0 Å². The zero-order valence-electron chi connectivity index (χ0n) is 11.7. The lowest BCUT2D eigenvalue weighted by molar-refractivity contribution is 0.134. The molecule has 20 heavy (non-hydrogen) atoms. The molecule has 2 aliphatic rings. The molecule has 2 heterocycles. The first-order valence-electron chi connectivity index (χ1n) is 7.14. The van der Waals surface area contributed by atoms with Crippen molar-refractivity contribution in [3.8, 4) is 5.75 Å². The molecule has 0 spiro atoms. The average Bonchev–Trinajstić information content (AvgIpc) is 3.27. The summed E-state index contributed by atoms with van der Waals surface area (Å²) in [6.07, 6.45) is 4.97. The molecular formula is C14H20N2O3S. The molecule has 2 fully saturated rings. The summed E-state index contributed by atoms with van der Waals surface area (Å²) < 4.78 is 31.8. The topological polar surface area (TPSA) is 59.5 Å². The van der Waals surface area contributed by atoms with Crippen molar-refractivity contribution in [1.82, 2.24) is 9.29 Å². The minimum absolute atomic E-state index is 0.0881. The second kappa shape index (κ2) is 5.33. The summed E-state index contributed by atoms with van der Waals surface area (Å²) in [5.41, 5.74) is 0.961. The minimum Gasteiger partial charge on any atom is -0.489 e. The molecule has 0 N–H and O–H groups in total. The van der Waals surface area contributed by atoms with E-state index in [4.69, 9.17) is 4.74 Å². The summed E-state index contributed by atoms with van der Waals surface area (Å²) in [4.78, 5) is 4.20. The first kappa shape index (κ1) is 13.8. The van der Waals surface area contributed by atoms with Crippen LogP contribution >= 0.6 is 0 Å². The third-order valence-electron chi connectivity index (χ3n) is 3.89. The number of nitrogens with zero attached hydrogens (tertiary/aromatic N) is 2. The molecule has 0 aromatic carbocycles. The molecule has 1 saturated carbocycles. The quantitative estimate of drug-likeness (QED) is 0.849. The largest absolute Gasteiger partial charge is 0.489 e. The molecule has 3 rings (SSSR count). The van der Waals surface area contributed by atoms with Crippen LogP contribution in [0.5, 0.6) is 5.75 Å². The molecule has 5 nitrogen and oxygen atoms in total. The van der Waals surface area contributed by atoms with Gasteiger partial charge < -0.3 is 4.74 Å². The number of hydrogen-bond acceptors (Lipinski definition) is 4. The molecule has 6 heteroatoms. The summed E-state index contributed by atoms with van der Waals surface area (Å²) in [5.74, 6) is 0.763. The van der Waals surface area contributed by atoms with E-state index in [0.29, 0.717) is 13.1 Å². The van der Waals surface area contributed by atoms with Gasteiger partial charge >= 0.3 is 0 Å². The van der Waals surface area contributed by atoms with E-state index >= 15 is 0 Å². The Morgan fingerprint density at radius 2 is 1.90 bits per heavy atom. The Hall–Kier alpha value is -1.14. The Bertz CT molecular complexity index is 559. The van der Waals surface area contributed by atoms with E-state index in [-0.39, 0.29) is 11.4 Å². The van der Waals surface area contributed by atoms with Crippen LogP contribution in [-0.4, -0.2) is 42.2 Å². The zero-order valence-corrected chi connectivity index (χ0v) is 12.5. The highest BCUT2D eigenvalue weighted by molar-refractivity contribution is 7.90. The van der Waals surface area contributed by atoms with E-state index in [0.717, 1.165) is 37.1 Å². The van der Waals surface area contributed by atoms with Crippen LogP contribution in [0, 0.1) is 6.92 Å². The third kappa shape index (κ3) is 2.96. The second-order valence-electron chi connectivity index (χ2n) is 5.60. The fourth-order valence-corrected chi connectivity index (χ4v) is 4.37.